The molecule has 0 rings (SSSR count). The second kappa shape index (κ2) is 6.89. The normalized spacial score (nSPS) is 9.40. The summed E-state index contributed by atoms with van der Waals surface area (Å²) in [5.74, 6) is 0.578. The van der Waals surface area contributed by atoms with E-state index in [-0.39, 0.29) is 12.5 Å². The highest BCUT2D eigenvalue weighted by molar-refractivity contribution is 7.80. The largest absolute Gasteiger partial charge is 0.396 e. The highest BCUT2D eigenvalue weighted by Gasteiger charge is 1.95. The first-order valence-corrected chi connectivity index (χ1v) is 3.93. The standard InChI is InChI=1S/C6H13NO2S/c8-4-1-3-7-6(9)2-5-10/h8,10H,1-5H2,(H,7,9). The van der Waals surface area contributed by atoms with Gasteiger partial charge in [-0.1, -0.05) is 0 Å². The smallest absolute Gasteiger partial charge is 0.220 e. The van der Waals surface area contributed by atoms with Crippen LogP contribution in [0.25, 0.3) is 0 Å². The second-order valence-electron chi connectivity index (χ2n) is 1.90. The predicted molar refractivity (Wildman–Crippen MR) is 43.2 cm³/mol. The third kappa shape index (κ3) is 5.91. The highest BCUT2D eigenvalue weighted by atomic mass is 32.1. The molecule has 1 amide bonds. The molecule has 0 aromatic carbocycles. The molecule has 0 heterocycles. The summed E-state index contributed by atoms with van der Waals surface area (Å²) in [5, 5.41) is 11.0. The summed E-state index contributed by atoms with van der Waals surface area (Å²) in [5.41, 5.74) is 0. The van der Waals surface area contributed by atoms with Crippen LogP contribution in [0, 0.1) is 0 Å². The molecule has 3 nitrogen and oxygen atoms in total. The highest BCUT2D eigenvalue weighted by Crippen LogP contribution is 1.83. The minimum absolute atomic E-state index is 0.00319. The number of hydrogen-bond donors (Lipinski definition) is 3. The molecule has 0 saturated carbocycles. The van der Waals surface area contributed by atoms with Crippen molar-refractivity contribution in [2.75, 3.05) is 18.9 Å². The Balaban J connectivity index is 3.05. The van der Waals surface area contributed by atoms with Gasteiger partial charge >= 0.3 is 0 Å². The Bertz CT molecular complexity index is 97.7. The van der Waals surface area contributed by atoms with Crippen molar-refractivity contribution in [3.63, 3.8) is 0 Å². The number of nitrogens with one attached hydrogen (secondary N) is 1. The minimum Gasteiger partial charge on any atom is -0.396 e. The third-order valence-corrected chi connectivity index (χ3v) is 1.22. The molecule has 4 heteroatoms. The van der Waals surface area contributed by atoms with E-state index in [1.165, 1.54) is 0 Å². The molecule has 0 aliphatic carbocycles. The van der Waals surface area contributed by atoms with Gasteiger partial charge in [0, 0.05) is 19.6 Å². The van der Waals surface area contributed by atoms with Crippen molar-refractivity contribution in [2.24, 2.45) is 0 Å². The summed E-state index contributed by atoms with van der Waals surface area (Å²) < 4.78 is 0. The number of thiol groups is 1. The molecule has 0 unspecified atom stereocenters. The zero-order valence-electron chi connectivity index (χ0n) is 5.84. The lowest BCUT2D eigenvalue weighted by atomic mass is 10.4. The first-order valence-electron chi connectivity index (χ1n) is 3.29. The van der Waals surface area contributed by atoms with Gasteiger partial charge in [-0.05, 0) is 12.2 Å². The maximum atomic E-state index is 10.7. The Morgan fingerprint density at radius 3 is 2.80 bits per heavy atom. The Morgan fingerprint density at radius 2 is 2.30 bits per heavy atom. The van der Waals surface area contributed by atoms with E-state index in [0.717, 1.165) is 0 Å². The Morgan fingerprint density at radius 1 is 1.60 bits per heavy atom. The van der Waals surface area contributed by atoms with Crippen LogP contribution in [0.5, 0.6) is 0 Å². The molecule has 60 valence electrons. The van der Waals surface area contributed by atoms with E-state index in [9.17, 15) is 4.79 Å². The molecule has 10 heavy (non-hydrogen) atoms. The third-order valence-electron chi connectivity index (χ3n) is 0.996. The van der Waals surface area contributed by atoms with Crippen molar-refractivity contribution >= 4 is 18.5 Å². The van der Waals surface area contributed by atoms with Crippen LogP contribution in [-0.2, 0) is 4.79 Å². The van der Waals surface area contributed by atoms with Gasteiger partial charge in [0.05, 0.1) is 0 Å². The van der Waals surface area contributed by atoms with Gasteiger partial charge in [0.25, 0.3) is 0 Å². The van der Waals surface area contributed by atoms with Crippen LogP contribution in [-0.4, -0.2) is 29.9 Å². The van der Waals surface area contributed by atoms with Gasteiger partial charge in [0.15, 0.2) is 0 Å². The molecule has 0 bridgehead atoms. The molecule has 0 aliphatic rings. The number of carbonyl (C=O) groups is 1. The van der Waals surface area contributed by atoms with E-state index in [4.69, 9.17) is 5.11 Å². The fourth-order valence-corrected chi connectivity index (χ4v) is 0.700. The maximum Gasteiger partial charge on any atom is 0.220 e. The lowest BCUT2D eigenvalue weighted by molar-refractivity contribution is -0.120. The van der Waals surface area contributed by atoms with Crippen molar-refractivity contribution in [1.82, 2.24) is 5.32 Å². The monoisotopic (exact) mass is 163 g/mol. The van der Waals surface area contributed by atoms with Crippen LogP contribution < -0.4 is 5.32 Å². The van der Waals surface area contributed by atoms with Crippen LogP contribution in [0.3, 0.4) is 0 Å². The van der Waals surface area contributed by atoms with E-state index < -0.39 is 0 Å². The molecule has 0 atom stereocenters. The predicted octanol–water partition coefficient (Wildman–Crippen LogP) is -0.195. The molecule has 0 aromatic heterocycles. The zero-order chi connectivity index (χ0) is 7.82. The van der Waals surface area contributed by atoms with Gasteiger partial charge in [-0.25, -0.2) is 0 Å². The molecular weight excluding hydrogens is 150 g/mol. The van der Waals surface area contributed by atoms with Crippen molar-refractivity contribution in [1.29, 1.82) is 0 Å². The van der Waals surface area contributed by atoms with E-state index in [0.29, 0.717) is 25.1 Å². The Hall–Kier alpha value is -0.220. The van der Waals surface area contributed by atoms with E-state index >= 15 is 0 Å². The average molecular weight is 163 g/mol. The average Bonchev–Trinajstić information content (AvgIpc) is 1.89. The van der Waals surface area contributed by atoms with Crippen molar-refractivity contribution in [3.8, 4) is 0 Å². The van der Waals surface area contributed by atoms with Gasteiger partial charge in [-0.2, -0.15) is 12.6 Å². The summed E-state index contributed by atoms with van der Waals surface area (Å²) in [7, 11) is 0. The molecule has 0 fully saturated rings. The van der Waals surface area contributed by atoms with Crippen molar-refractivity contribution in [2.45, 2.75) is 12.8 Å². The number of hydrogen-bond acceptors (Lipinski definition) is 3. The number of aliphatic hydroxyl groups is 1. The molecule has 0 aliphatic heterocycles. The quantitative estimate of drug-likeness (QED) is 0.388. The van der Waals surface area contributed by atoms with Gasteiger partial charge in [0.2, 0.25) is 5.91 Å². The first kappa shape index (κ1) is 9.78. The molecule has 0 aromatic rings. The van der Waals surface area contributed by atoms with Crippen LogP contribution in [0.4, 0.5) is 0 Å². The number of rotatable bonds is 5. The fraction of sp³-hybridized carbons (Fsp3) is 0.833. The molecular formula is C6H13NO2S. The van der Waals surface area contributed by atoms with Crippen LogP contribution in [0.15, 0.2) is 0 Å². The molecule has 2 N–H and O–H groups in total. The summed E-state index contributed by atoms with van der Waals surface area (Å²) >= 11 is 3.89. The van der Waals surface area contributed by atoms with Crippen molar-refractivity contribution in [3.05, 3.63) is 0 Å². The van der Waals surface area contributed by atoms with Crippen molar-refractivity contribution < 1.29 is 9.90 Å². The first-order chi connectivity index (χ1) is 4.81. The summed E-state index contributed by atoms with van der Waals surface area (Å²) in [6, 6.07) is 0. The summed E-state index contributed by atoms with van der Waals surface area (Å²) in [6.07, 6.45) is 1.08. The fourth-order valence-electron chi connectivity index (χ4n) is 0.497. The lowest BCUT2D eigenvalue weighted by Gasteiger charge is -2.00. The summed E-state index contributed by atoms with van der Waals surface area (Å²) in [6.45, 7) is 0.685. The van der Waals surface area contributed by atoms with E-state index in [2.05, 4.69) is 17.9 Å². The Labute approximate surface area is 66.2 Å². The minimum atomic E-state index is 0.00319. The molecule has 0 spiro atoms. The Kier molecular flexibility index (Phi) is 6.74. The summed E-state index contributed by atoms with van der Waals surface area (Å²) in [4.78, 5) is 10.7. The van der Waals surface area contributed by atoms with E-state index in [1.807, 2.05) is 0 Å². The molecule has 0 saturated heterocycles. The second-order valence-corrected chi connectivity index (χ2v) is 2.35. The van der Waals surface area contributed by atoms with Crippen LogP contribution in [0.2, 0.25) is 0 Å². The maximum absolute atomic E-state index is 10.7. The van der Waals surface area contributed by atoms with Gasteiger partial charge in [-0.15, -0.1) is 0 Å². The topological polar surface area (TPSA) is 49.3 Å². The lowest BCUT2D eigenvalue weighted by Crippen LogP contribution is -2.24. The van der Waals surface area contributed by atoms with E-state index in [1.54, 1.807) is 0 Å². The molecule has 0 radical (unpaired) electrons. The van der Waals surface area contributed by atoms with Gasteiger partial charge < -0.3 is 10.4 Å². The van der Waals surface area contributed by atoms with Crippen LogP contribution >= 0.6 is 12.6 Å². The number of aliphatic hydroxyl groups excluding tert-OH is 1. The van der Waals surface area contributed by atoms with Gasteiger partial charge in [-0.3, -0.25) is 4.79 Å². The van der Waals surface area contributed by atoms with Gasteiger partial charge in [0.1, 0.15) is 0 Å². The number of amides is 1. The zero-order valence-corrected chi connectivity index (χ0v) is 6.73. The SMILES string of the molecule is O=C(CCS)NCCCO. The number of carbonyl (C=O) groups excluding carboxylic acids is 1. The van der Waals surface area contributed by atoms with Crippen LogP contribution in [0.1, 0.15) is 12.8 Å².